The van der Waals surface area contributed by atoms with Gasteiger partial charge in [-0.25, -0.2) is 0 Å². The van der Waals surface area contributed by atoms with Gasteiger partial charge in [0.25, 0.3) is 0 Å². The third kappa shape index (κ3) is 3.93. The first-order valence-corrected chi connectivity index (χ1v) is 8.01. The second-order valence-corrected chi connectivity index (χ2v) is 7.17. The predicted molar refractivity (Wildman–Crippen MR) is 92.0 cm³/mol. The molecule has 124 valence electrons. The number of methoxy groups -OCH3 is 1. The van der Waals surface area contributed by atoms with Gasteiger partial charge in [0.2, 0.25) is 0 Å². The van der Waals surface area contributed by atoms with Crippen molar-refractivity contribution in [1.29, 1.82) is 0 Å². The monoisotopic (exact) mass is 381 g/mol. The minimum atomic E-state index is -0.551. The number of ketones is 1. The van der Waals surface area contributed by atoms with Crippen molar-refractivity contribution in [1.82, 2.24) is 4.57 Å². The molecular weight excluding hydrogens is 362 g/mol. The van der Waals surface area contributed by atoms with Crippen molar-refractivity contribution in [2.24, 2.45) is 0 Å². The van der Waals surface area contributed by atoms with Crippen molar-refractivity contribution in [3.8, 4) is 5.75 Å². The first-order chi connectivity index (χ1) is 10.6. The van der Waals surface area contributed by atoms with Crippen molar-refractivity contribution in [3.05, 3.63) is 28.4 Å². The summed E-state index contributed by atoms with van der Waals surface area (Å²) < 4.78 is 13.1. The summed E-state index contributed by atoms with van der Waals surface area (Å²) in [6, 6.07) is 3.63. The third-order valence-electron chi connectivity index (χ3n) is 3.25. The number of aromatic nitrogens is 1. The lowest BCUT2D eigenvalue weighted by molar-refractivity contribution is -0.155. The molecule has 0 unspecified atom stereocenters. The number of benzene rings is 1. The van der Waals surface area contributed by atoms with Crippen LogP contribution >= 0.6 is 15.9 Å². The van der Waals surface area contributed by atoms with Gasteiger partial charge in [0, 0.05) is 23.2 Å². The third-order valence-corrected chi connectivity index (χ3v) is 3.87. The smallest absolute Gasteiger partial charge is 0.326 e. The van der Waals surface area contributed by atoms with Crippen LogP contribution in [-0.4, -0.2) is 29.0 Å². The Labute approximate surface area is 143 Å². The fourth-order valence-electron chi connectivity index (χ4n) is 2.37. The zero-order valence-electron chi connectivity index (χ0n) is 13.9. The van der Waals surface area contributed by atoms with Crippen LogP contribution in [-0.2, 0) is 16.1 Å². The number of rotatable bonds is 4. The van der Waals surface area contributed by atoms with Gasteiger partial charge in [-0.05, 0) is 49.7 Å². The molecule has 0 N–H and O–H groups in total. The molecule has 0 atom stereocenters. The largest absolute Gasteiger partial charge is 0.495 e. The van der Waals surface area contributed by atoms with Crippen LogP contribution in [0.5, 0.6) is 5.75 Å². The molecule has 1 heterocycles. The topological polar surface area (TPSA) is 57.5 Å². The molecule has 0 bridgehead atoms. The summed E-state index contributed by atoms with van der Waals surface area (Å²) in [4.78, 5) is 24.0. The van der Waals surface area contributed by atoms with Gasteiger partial charge in [-0.1, -0.05) is 0 Å². The van der Waals surface area contributed by atoms with E-state index in [4.69, 9.17) is 9.47 Å². The molecule has 1 aromatic carbocycles. The van der Waals surface area contributed by atoms with E-state index < -0.39 is 5.60 Å². The van der Waals surface area contributed by atoms with Crippen molar-refractivity contribution >= 4 is 38.6 Å². The summed E-state index contributed by atoms with van der Waals surface area (Å²) in [5.74, 6) is 0.220. The van der Waals surface area contributed by atoms with Gasteiger partial charge >= 0.3 is 5.97 Å². The van der Waals surface area contributed by atoms with Crippen LogP contribution in [0.25, 0.3) is 10.9 Å². The van der Waals surface area contributed by atoms with E-state index in [1.165, 1.54) is 6.92 Å². The highest BCUT2D eigenvalue weighted by Gasteiger charge is 2.20. The van der Waals surface area contributed by atoms with Gasteiger partial charge < -0.3 is 14.0 Å². The summed E-state index contributed by atoms with van der Waals surface area (Å²) in [6.45, 7) is 7.00. The van der Waals surface area contributed by atoms with E-state index >= 15 is 0 Å². The minimum Gasteiger partial charge on any atom is -0.495 e. The Balaban J connectivity index is 2.51. The molecule has 0 aliphatic rings. The Bertz CT molecular complexity index is 771. The zero-order valence-corrected chi connectivity index (χ0v) is 15.5. The van der Waals surface area contributed by atoms with E-state index in [0.29, 0.717) is 11.3 Å². The van der Waals surface area contributed by atoms with Crippen LogP contribution < -0.4 is 4.74 Å². The molecule has 0 amide bonds. The average Bonchev–Trinajstić information content (AvgIpc) is 2.73. The van der Waals surface area contributed by atoms with Gasteiger partial charge in [0.1, 0.15) is 17.9 Å². The highest BCUT2D eigenvalue weighted by molar-refractivity contribution is 9.10. The Morgan fingerprint density at radius 3 is 2.43 bits per heavy atom. The summed E-state index contributed by atoms with van der Waals surface area (Å²) in [7, 11) is 1.57. The molecule has 0 spiro atoms. The maximum atomic E-state index is 12.1. The van der Waals surface area contributed by atoms with Gasteiger partial charge in [0.05, 0.1) is 17.1 Å². The lowest BCUT2D eigenvalue weighted by Crippen LogP contribution is -2.26. The standard InChI is InChI=1S/C17H20BrNO4/c1-10(20)12-8-19(9-16(21)23-17(2,3)4)14-7-15(22-5)13(18)6-11(12)14/h6-8H,9H2,1-5H3. The fraction of sp³-hybridized carbons (Fsp3) is 0.412. The van der Waals surface area contributed by atoms with Crippen molar-refractivity contribution in [2.75, 3.05) is 7.11 Å². The number of hydrogen-bond donors (Lipinski definition) is 0. The molecule has 2 rings (SSSR count). The number of ether oxygens (including phenoxy) is 2. The second kappa shape index (κ2) is 6.35. The van der Waals surface area contributed by atoms with E-state index in [0.717, 1.165) is 15.4 Å². The van der Waals surface area contributed by atoms with E-state index in [1.54, 1.807) is 23.9 Å². The molecule has 2 aromatic rings. The highest BCUT2D eigenvalue weighted by Crippen LogP contribution is 2.33. The molecule has 0 fully saturated rings. The predicted octanol–water partition coefficient (Wildman–Crippen LogP) is 3.96. The molecule has 1 aromatic heterocycles. The van der Waals surface area contributed by atoms with Crippen LogP contribution in [0.4, 0.5) is 0 Å². The average molecular weight is 382 g/mol. The molecule has 23 heavy (non-hydrogen) atoms. The maximum Gasteiger partial charge on any atom is 0.326 e. The Morgan fingerprint density at radius 2 is 1.91 bits per heavy atom. The maximum absolute atomic E-state index is 12.1. The Morgan fingerprint density at radius 1 is 1.26 bits per heavy atom. The number of fused-ring (bicyclic) bond motifs is 1. The first kappa shape index (κ1) is 17.5. The SMILES string of the molecule is COc1cc2c(cc1Br)c(C(C)=O)cn2CC(=O)OC(C)(C)C. The van der Waals surface area contributed by atoms with E-state index in [9.17, 15) is 9.59 Å². The molecule has 0 aliphatic carbocycles. The molecule has 0 saturated carbocycles. The van der Waals surface area contributed by atoms with Gasteiger partial charge in [-0.2, -0.15) is 0 Å². The van der Waals surface area contributed by atoms with Crippen molar-refractivity contribution in [2.45, 2.75) is 39.8 Å². The number of hydrogen-bond acceptors (Lipinski definition) is 4. The zero-order chi connectivity index (χ0) is 17.4. The van der Waals surface area contributed by atoms with Gasteiger partial charge in [0.15, 0.2) is 5.78 Å². The first-order valence-electron chi connectivity index (χ1n) is 7.21. The van der Waals surface area contributed by atoms with Crippen LogP contribution in [0.3, 0.4) is 0 Å². The van der Waals surface area contributed by atoms with Crippen molar-refractivity contribution in [3.63, 3.8) is 0 Å². The van der Waals surface area contributed by atoms with Crippen LogP contribution in [0.1, 0.15) is 38.1 Å². The van der Waals surface area contributed by atoms with Gasteiger partial charge in [-0.15, -0.1) is 0 Å². The summed E-state index contributed by atoms with van der Waals surface area (Å²) in [6.07, 6.45) is 1.68. The molecule has 0 radical (unpaired) electrons. The van der Waals surface area contributed by atoms with E-state index in [-0.39, 0.29) is 18.3 Å². The quantitative estimate of drug-likeness (QED) is 0.594. The highest BCUT2D eigenvalue weighted by atomic mass is 79.9. The number of nitrogens with zero attached hydrogens (tertiary/aromatic N) is 1. The lowest BCUT2D eigenvalue weighted by atomic mass is 10.1. The van der Waals surface area contributed by atoms with Crippen molar-refractivity contribution < 1.29 is 19.1 Å². The number of halogens is 1. The number of Topliss-reactive ketones (excluding diaryl/α,β-unsaturated/α-hetero) is 1. The second-order valence-electron chi connectivity index (χ2n) is 6.32. The summed E-state index contributed by atoms with van der Waals surface area (Å²) in [5.41, 5.74) is 0.762. The van der Waals surface area contributed by atoms with Crippen LogP contribution in [0.15, 0.2) is 22.8 Å². The van der Waals surface area contributed by atoms with E-state index in [2.05, 4.69) is 15.9 Å². The molecule has 5 nitrogen and oxygen atoms in total. The number of carbonyl (C=O) groups is 2. The molecular formula is C17H20BrNO4. The Kier molecular flexibility index (Phi) is 4.84. The molecule has 6 heteroatoms. The summed E-state index contributed by atoms with van der Waals surface area (Å²) in [5, 5.41) is 0.772. The molecule has 0 saturated heterocycles. The normalized spacial score (nSPS) is 11.6. The minimum absolute atomic E-state index is 0.0336. The van der Waals surface area contributed by atoms with Crippen LogP contribution in [0, 0.1) is 0 Å². The summed E-state index contributed by atoms with van der Waals surface area (Å²) >= 11 is 3.42. The molecule has 0 aliphatic heterocycles. The Hall–Kier alpha value is -1.82. The fourth-order valence-corrected chi connectivity index (χ4v) is 2.88. The van der Waals surface area contributed by atoms with Crippen LogP contribution in [0.2, 0.25) is 0 Å². The van der Waals surface area contributed by atoms with E-state index in [1.807, 2.05) is 26.8 Å². The van der Waals surface area contributed by atoms with Gasteiger partial charge in [-0.3, -0.25) is 9.59 Å². The lowest BCUT2D eigenvalue weighted by Gasteiger charge is -2.19. The number of carbonyl (C=O) groups excluding carboxylic acids is 2. The number of esters is 1.